The zero-order valence-electron chi connectivity index (χ0n) is 20.4. The van der Waals surface area contributed by atoms with Crippen molar-refractivity contribution < 1.29 is 14.2 Å². The van der Waals surface area contributed by atoms with Crippen molar-refractivity contribution >= 4 is 0 Å². The highest BCUT2D eigenvalue weighted by Crippen LogP contribution is 2.41. The Morgan fingerprint density at radius 3 is 1.57 bits per heavy atom. The fraction of sp³-hybridized carbons (Fsp3) is 1.00. The molecule has 3 heteroatoms. The number of hydrogen-bond acceptors (Lipinski definition) is 3. The van der Waals surface area contributed by atoms with E-state index in [1.165, 1.54) is 32.1 Å². The Labute approximate surface area is 176 Å². The van der Waals surface area contributed by atoms with Gasteiger partial charge in [0, 0.05) is 26.1 Å². The van der Waals surface area contributed by atoms with Crippen LogP contribution in [0.25, 0.3) is 0 Å². The predicted octanol–water partition coefficient (Wildman–Crippen LogP) is 7.23. The van der Waals surface area contributed by atoms with E-state index in [0.29, 0.717) is 16.7 Å². The molecular weight excluding hydrogens is 348 g/mol. The molecule has 1 spiro atoms. The molecule has 0 radical (unpaired) electrons. The quantitative estimate of drug-likeness (QED) is 0.491. The molecule has 3 nitrogen and oxygen atoms in total. The lowest BCUT2D eigenvalue weighted by molar-refractivity contribution is -0.245. The van der Waals surface area contributed by atoms with Gasteiger partial charge in [-0.2, -0.15) is 0 Å². The second-order valence-electron chi connectivity index (χ2n) is 10.1. The van der Waals surface area contributed by atoms with Gasteiger partial charge in [0.05, 0.1) is 13.2 Å². The van der Waals surface area contributed by atoms with Crippen LogP contribution in [-0.2, 0) is 14.2 Å². The molecule has 0 aromatic heterocycles. The third-order valence-electron chi connectivity index (χ3n) is 7.74. The average molecular weight is 399 g/mol. The first kappa shape index (κ1) is 25.9. The van der Waals surface area contributed by atoms with E-state index < -0.39 is 0 Å². The van der Waals surface area contributed by atoms with E-state index in [1.54, 1.807) is 0 Å². The van der Waals surface area contributed by atoms with Crippen molar-refractivity contribution in [2.45, 2.75) is 113 Å². The number of hydrogen-bond donors (Lipinski definition) is 0. The van der Waals surface area contributed by atoms with Crippen LogP contribution < -0.4 is 0 Å². The zero-order chi connectivity index (χ0) is 21.3. The maximum absolute atomic E-state index is 6.19. The van der Waals surface area contributed by atoms with Gasteiger partial charge in [0.25, 0.3) is 0 Å². The van der Waals surface area contributed by atoms with Gasteiger partial charge in [-0.15, -0.1) is 0 Å². The number of ether oxygens (including phenoxy) is 3. The van der Waals surface area contributed by atoms with Crippen LogP contribution in [0.3, 0.4) is 0 Å². The van der Waals surface area contributed by atoms with Crippen molar-refractivity contribution in [2.24, 2.45) is 22.7 Å². The molecule has 0 amide bonds. The van der Waals surface area contributed by atoms with Crippen molar-refractivity contribution in [2.75, 3.05) is 26.4 Å². The summed E-state index contributed by atoms with van der Waals surface area (Å²) in [5, 5.41) is 0. The van der Waals surface area contributed by atoms with Gasteiger partial charge in [0.1, 0.15) is 0 Å². The van der Waals surface area contributed by atoms with Crippen LogP contribution >= 0.6 is 0 Å². The molecule has 0 aromatic rings. The topological polar surface area (TPSA) is 27.7 Å². The lowest BCUT2D eigenvalue weighted by atomic mass is 9.73. The van der Waals surface area contributed by atoms with E-state index in [2.05, 4.69) is 41.5 Å². The standard InChI is InChI=1S/C14H26O2.C9H18O.C2H6/c1-12(2)13(3)9-10-15-14(16-11-13)7-5-4-6-8-14;1-8(2)9(3)4-6-10-7-5-9;1-2/h12H,4-11H2,1-3H3;8H,4-7H2,1-3H3;1-2H3. The third kappa shape index (κ3) is 7.29. The number of rotatable bonds is 2. The minimum Gasteiger partial charge on any atom is -0.381 e. The van der Waals surface area contributed by atoms with Crippen LogP contribution in [0.2, 0.25) is 0 Å². The fourth-order valence-corrected chi connectivity index (χ4v) is 4.13. The van der Waals surface area contributed by atoms with Gasteiger partial charge in [-0.1, -0.05) is 61.8 Å². The molecule has 1 unspecified atom stereocenters. The van der Waals surface area contributed by atoms with Gasteiger partial charge >= 0.3 is 0 Å². The molecule has 28 heavy (non-hydrogen) atoms. The minimum absolute atomic E-state index is 0.217. The zero-order valence-corrected chi connectivity index (χ0v) is 20.4. The molecule has 2 heterocycles. The maximum atomic E-state index is 6.19. The first-order chi connectivity index (χ1) is 13.2. The van der Waals surface area contributed by atoms with Crippen LogP contribution in [0.15, 0.2) is 0 Å². The maximum Gasteiger partial charge on any atom is 0.168 e. The molecule has 2 saturated heterocycles. The second kappa shape index (κ2) is 11.9. The summed E-state index contributed by atoms with van der Waals surface area (Å²) >= 11 is 0. The SMILES string of the molecule is CC.CC(C)C1(C)CCOC2(CCCCC2)OC1.CC(C)C1(C)CCOCC1. The molecule has 3 aliphatic rings. The highest BCUT2D eigenvalue weighted by molar-refractivity contribution is 4.84. The first-order valence-electron chi connectivity index (χ1n) is 12.1. The summed E-state index contributed by atoms with van der Waals surface area (Å²) in [6.45, 7) is 21.6. The Balaban J connectivity index is 0.000000281. The predicted molar refractivity (Wildman–Crippen MR) is 120 cm³/mol. The lowest BCUT2D eigenvalue weighted by Crippen LogP contribution is -2.38. The highest BCUT2D eigenvalue weighted by atomic mass is 16.7. The largest absolute Gasteiger partial charge is 0.381 e. The van der Waals surface area contributed by atoms with Gasteiger partial charge in [0.15, 0.2) is 5.79 Å². The average Bonchev–Trinajstić information content (AvgIpc) is 2.85. The monoisotopic (exact) mass is 398 g/mol. The summed E-state index contributed by atoms with van der Waals surface area (Å²) in [4.78, 5) is 0. The molecule has 1 aliphatic carbocycles. The molecule has 1 atom stereocenters. The van der Waals surface area contributed by atoms with Crippen LogP contribution in [-0.4, -0.2) is 32.2 Å². The van der Waals surface area contributed by atoms with Crippen LogP contribution in [0.1, 0.15) is 107 Å². The summed E-state index contributed by atoms with van der Waals surface area (Å²) in [6.07, 6.45) is 9.68. The smallest absolute Gasteiger partial charge is 0.168 e. The Morgan fingerprint density at radius 2 is 1.11 bits per heavy atom. The molecule has 0 bridgehead atoms. The van der Waals surface area contributed by atoms with Crippen molar-refractivity contribution in [3.8, 4) is 0 Å². The van der Waals surface area contributed by atoms with Crippen molar-refractivity contribution in [1.82, 2.24) is 0 Å². The van der Waals surface area contributed by atoms with Crippen LogP contribution in [0.4, 0.5) is 0 Å². The Morgan fingerprint density at radius 1 is 0.607 bits per heavy atom. The fourth-order valence-electron chi connectivity index (χ4n) is 4.13. The van der Waals surface area contributed by atoms with Crippen LogP contribution in [0.5, 0.6) is 0 Å². The van der Waals surface area contributed by atoms with Gasteiger partial charge in [-0.05, 0) is 54.8 Å². The molecular formula is C25H50O3. The van der Waals surface area contributed by atoms with E-state index in [1.807, 2.05) is 13.8 Å². The van der Waals surface area contributed by atoms with Gasteiger partial charge in [-0.3, -0.25) is 0 Å². The molecule has 3 fully saturated rings. The first-order valence-corrected chi connectivity index (χ1v) is 12.1. The summed E-state index contributed by atoms with van der Waals surface area (Å²) in [6, 6.07) is 0. The minimum atomic E-state index is -0.217. The summed E-state index contributed by atoms with van der Waals surface area (Å²) < 4.78 is 17.6. The van der Waals surface area contributed by atoms with Gasteiger partial charge in [-0.25, -0.2) is 0 Å². The van der Waals surface area contributed by atoms with E-state index in [4.69, 9.17) is 14.2 Å². The van der Waals surface area contributed by atoms with E-state index >= 15 is 0 Å². The molecule has 168 valence electrons. The Kier molecular flexibility index (Phi) is 11.0. The van der Waals surface area contributed by atoms with Crippen molar-refractivity contribution in [3.05, 3.63) is 0 Å². The van der Waals surface area contributed by atoms with E-state index in [-0.39, 0.29) is 5.79 Å². The molecule has 0 N–H and O–H groups in total. The van der Waals surface area contributed by atoms with Gasteiger partial charge in [0.2, 0.25) is 0 Å². The molecule has 3 rings (SSSR count). The lowest BCUT2D eigenvalue weighted by Gasteiger charge is -2.37. The third-order valence-corrected chi connectivity index (χ3v) is 7.74. The normalized spacial score (nSPS) is 29.4. The Bertz CT molecular complexity index is 406. The van der Waals surface area contributed by atoms with Crippen molar-refractivity contribution in [1.29, 1.82) is 0 Å². The molecule has 0 aromatic carbocycles. The summed E-state index contributed by atoms with van der Waals surface area (Å²) in [7, 11) is 0. The van der Waals surface area contributed by atoms with Gasteiger partial charge < -0.3 is 14.2 Å². The summed E-state index contributed by atoms with van der Waals surface area (Å²) in [5.41, 5.74) is 0.846. The van der Waals surface area contributed by atoms with E-state index in [0.717, 1.165) is 51.6 Å². The molecule has 2 aliphatic heterocycles. The Hall–Kier alpha value is -0.120. The van der Waals surface area contributed by atoms with E-state index in [9.17, 15) is 0 Å². The van der Waals surface area contributed by atoms with Crippen molar-refractivity contribution in [3.63, 3.8) is 0 Å². The van der Waals surface area contributed by atoms with Crippen LogP contribution in [0, 0.1) is 22.7 Å². The summed E-state index contributed by atoms with van der Waals surface area (Å²) in [5.74, 6) is 1.25. The molecule has 1 saturated carbocycles. The highest BCUT2D eigenvalue weighted by Gasteiger charge is 2.41. The second-order valence-corrected chi connectivity index (χ2v) is 10.1.